The molecule has 0 fully saturated rings. The second-order valence-corrected chi connectivity index (χ2v) is 7.56. The fourth-order valence-electron chi connectivity index (χ4n) is 2.23. The SMILES string of the molecule is CC(=O)Nc1ccc(C(=O)NN=Cc2cc(Br)c(Sc3ccccc3)o2)cc1. The Morgan fingerprint density at radius 2 is 1.82 bits per heavy atom. The minimum absolute atomic E-state index is 0.170. The minimum atomic E-state index is -0.366. The Bertz CT molecular complexity index is 1000. The second-order valence-electron chi connectivity index (χ2n) is 5.66. The van der Waals surface area contributed by atoms with E-state index in [0.717, 1.165) is 9.37 Å². The van der Waals surface area contributed by atoms with Crippen LogP contribution in [0.25, 0.3) is 0 Å². The molecule has 2 amide bonds. The van der Waals surface area contributed by atoms with Crippen molar-refractivity contribution < 1.29 is 14.0 Å². The van der Waals surface area contributed by atoms with Crippen LogP contribution in [-0.2, 0) is 4.79 Å². The molecule has 0 bridgehead atoms. The van der Waals surface area contributed by atoms with E-state index in [4.69, 9.17) is 4.42 Å². The van der Waals surface area contributed by atoms with Crippen molar-refractivity contribution in [3.8, 4) is 0 Å². The van der Waals surface area contributed by atoms with E-state index in [9.17, 15) is 9.59 Å². The van der Waals surface area contributed by atoms with Crippen molar-refractivity contribution >= 4 is 51.4 Å². The molecule has 2 N–H and O–H groups in total. The van der Waals surface area contributed by atoms with Crippen molar-refractivity contribution in [3.63, 3.8) is 0 Å². The van der Waals surface area contributed by atoms with Gasteiger partial charge in [0.25, 0.3) is 5.91 Å². The number of nitrogens with zero attached hydrogens (tertiary/aromatic N) is 1. The molecule has 3 rings (SSSR count). The fourth-order valence-corrected chi connectivity index (χ4v) is 3.58. The highest BCUT2D eigenvalue weighted by molar-refractivity contribution is 9.10. The number of anilines is 1. The first-order valence-electron chi connectivity index (χ1n) is 8.24. The van der Waals surface area contributed by atoms with Gasteiger partial charge in [-0.2, -0.15) is 5.10 Å². The molecule has 0 aliphatic heterocycles. The fraction of sp³-hybridized carbons (Fsp3) is 0.0500. The van der Waals surface area contributed by atoms with E-state index in [0.29, 0.717) is 22.1 Å². The van der Waals surface area contributed by atoms with E-state index in [2.05, 4.69) is 31.8 Å². The summed E-state index contributed by atoms with van der Waals surface area (Å²) in [4.78, 5) is 24.2. The molecule has 1 heterocycles. The summed E-state index contributed by atoms with van der Waals surface area (Å²) in [6, 6.07) is 18.1. The summed E-state index contributed by atoms with van der Waals surface area (Å²) in [5.74, 6) is -0.0297. The van der Waals surface area contributed by atoms with Crippen LogP contribution in [0, 0.1) is 0 Å². The van der Waals surface area contributed by atoms with Crippen LogP contribution in [0.15, 0.2) is 84.6 Å². The third-order valence-corrected chi connectivity index (χ3v) is 5.30. The minimum Gasteiger partial charge on any atom is -0.447 e. The zero-order chi connectivity index (χ0) is 19.9. The van der Waals surface area contributed by atoms with Gasteiger partial charge in [-0.15, -0.1) is 0 Å². The van der Waals surface area contributed by atoms with E-state index in [-0.39, 0.29) is 11.8 Å². The molecule has 0 saturated heterocycles. The number of hydrogen-bond donors (Lipinski definition) is 2. The Kier molecular flexibility index (Phi) is 6.67. The lowest BCUT2D eigenvalue weighted by atomic mass is 10.2. The van der Waals surface area contributed by atoms with Crippen molar-refractivity contribution in [2.24, 2.45) is 5.10 Å². The van der Waals surface area contributed by atoms with E-state index in [1.54, 1.807) is 30.3 Å². The van der Waals surface area contributed by atoms with Crippen molar-refractivity contribution in [3.05, 3.63) is 76.5 Å². The summed E-state index contributed by atoms with van der Waals surface area (Å²) < 4.78 is 6.54. The smallest absolute Gasteiger partial charge is 0.271 e. The summed E-state index contributed by atoms with van der Waals surface area (Å²) in [6.45, 7) is 1.42. The third-order valence-electron chi connectivity index (χ3n) is 3.45. The second kappa shape index (κ2) is 9.38. The maximum atomic E-state index is 12.1. The van der Waals surface area contributed by atoms with Crippen LogP contribution in [0.1, 0.15) is 23.0 Å². The van der Waals surface area contributed by atoms with Crippen molar-refractivity contribution in [2.45, 2.75) is 16.9 Å². The number of amides is 2. The largest absolute Gasteiger partial charge is 0.447 e. The highest BCUT2D eigenvalue weighted by Gasteiger charge is 2.10. The van der Waals surface area contributed by atoms with Crippen molar-refractivity contribution in [2.75, 3.05) is 5.32 Å². The Balaban J connectivity index is 1.59. The number of hydrazone groups is 1. The van der Waals surface area contributed by atoms with Crippen LogP contribution in [0.4, 0.5) is 5.69 Å². The summed E-state index contributed by atoms with van der Waals surface area (Å²) in [7, 11) is 0. The number of halogens is 1. The van der Waals surface area contributed by atoms with Gasteiger partial charge in [0.2, 0.25) is 5.91 Å². The van der Waals surface area contributed by atoms with Crippen LogP contribution in [0.5, 0.6) is 0 Å². The van der Waals surface area contributed by atoms with E-state index < -0.39 is 0 Å². The molecule has 0 aliphatic carbocycles. The van der Waals surface area contributed by atoms with Gasteiger partial charge in [0.15, 0.2) is 5.09 Å². The number of nitrogens with one attached hydrogen (secondary N) is 2. The average molecular weight is 458 g/mol. The summed E-state index contributed by atoms with van der Waals surface area (Å²) in [5.41, 5.74) is 3.49. The van der Waals surface area contributed by atoms with Gasteiger partial charge in [-0.05, 0) is 52.3 Å². The lowest BCUT2D eigenvalue weighted by molar-refractivity contribution is -0.114. The maximum Gasteiger partial charge on any atom is 0.271 e. The molecule has 0 radical (unpaired) electrons. The van der Waals surface area contributed by atoms with Gasteiger partial charge in [-0.1, -0.05) is 30.0 Å². The van der Waals surface area contributed by atoms with Gasteiger partial charge in [-0.3, -0.25) is 9.59 Å². The van der Waals surface area contributed by atoms with Gasteiger partial charge < -0.3 is 9.73 Å². The van der Waals surface area contributed by atoms with Gasteiger partial charge in [-0.25, -0.2) is 5.43 Å². The van der Waals surface area contributed by atoms with Crippen LogP contribution < -0.4 is 10.7 Å². The first-order valence-corrected chi connectivity index (χ1v) is 9.85. The number of furan rings is 1. The lowest BCUT2D eigenvalue weighted by Gasteiger charge is -2.03. The predicted molar refractivity (Wildman–Crippen MR) is 113 cm³/mol. The molecule has 6 nitrogen and oxygen atoms in total. The highest BCUT2D eigenvalue weighted by Crippen LogP contribution is 2.35. The molecule has 0 saturated carbocycles. The average Bonchev–Trinajstić information content (AvgIpc) is 3.02. The molecule has 0 spiro atoms. The number of carbonyl (C=O) groups excluding carboxylic acids is 2. The topological polar surface area (TPSA) is 83.7 Å². The summed E-state index contributed by atoms with van der Waals surface area (Å²) >= 11 is 4.95. The van der Waals surface area contributed by atoms with E-state index in [1.165, 1.54) is 24.9 Å². The summed E-state index contributed by atoms with van der Waals surface area (Å²) in [5, 5.41) is 7.27. The first kappa shape index (κ1) is 19.9. The Morgan fingerprint density at radius 3 is 2.50 bits per heavy atom. The molecule has 142 valence electrons. The number of benzene rings is 2. The molecular formula is C20H16BrN3O3S. The maximum absolute atomic E-state index is 12.1. The quantitative estimate of drug-likeness (QED) is 0.406. The molecule has 0 atom stereocenters. The van der Waals surface area contributed by atoms with Crippen LogP contribution in [0.3, 0.4) is 0 Å². The Morgan fingerprint density at radius 1 is 1.11 bits per heavy atom. The third kappa shape index (κ3) is 5.58. The molecule has 28 heavy (non-hydrogen) atoms. The molecule has 2 aromatic carbocycles. The highest BCUT2D eigenvalue weighted by atomic mass is 79.9. The van der Waals surface area contributed by atoms with Crippen molar-refractivity contribution in [1.82, 2.24) is 5.43 Å². The monoisotopic (exact) mass is 457 g/mol. The number of hydrogen-bond acceptors (Lipinski definition) is 5. The van der Waals surface area contributed by atoms with Gasteiger partial charge in [0, 0.05) is 29.1 Å². The number of rotatable bonds is 6. The Labute approximate surface area is 174 Å². The van der Waals surface area contributed by atoms with E-state index in [1.807, 2.05) is 30.3 Å². The van der Waals surface area contributed by atoms with Crippen LogP contribution in [0.2, 0.25) is 0 Å². The summed E-state index contributed by atoms with van der Waals surface area (Å²) in [6.07, 6.45) is 1.43. The van der Waals surface area contributed by atoms with Gasteiger partial charge in [0.05, 0.1) is 10.7 Å². The molecule has 0 unspecified atom stereocenters. The first-order chi connectivity index (χ1) is 13.5. The molecule has 1 aromatic heterocycles. The molecule has 8 heteroatoms. The normalized spacial score (nSPS) is 10.8. The lowest BCUT2D eigenvalue weighted by Crippen LogP contribution is -2.17. The van der Waals surface area contributed by atoms with Crippen molar-refractivity contribution in [1.29, 1.82) is 0 Å². The standard InChI is InChI=1S/C20H16BrN3O3S/c1-13(25)23-15-9-7-14(8-10-15)19(26)24-22-12-16-11-18(21)20(27-16)28-17-5-3-2-4-6-17/h2-12H,1H3,(H,23,25)(H,24,26). The zero-order valence-corrected chi connectivity index (χ0v) is 17.2. The number of carbonyl (C=O) groups is 2. The predicted octanol–water partition coefficient (Wildman–Crippen LogP) is 4.92. The van der Waals surface area contributed by atoms with Crippen LogP contribution >= 0.6 is 27.7 Å². The van der Waals surface area contributed by atoms with Crippen LogP contribution in [-0.4, -0.2) is 18.0 Å². The Hall–Kier alpha value is -2.84. The molecule has 0 aliphatic rings. The molecule has 3 aromatic rings. The zero-order valence-electron chi connectivity index (χ0n) is 14.8. The molecular weight excluding hydrogens is 442 g/mol. The van der Waals surface area contributed by atoms with E-state index >= 15 is 0 Å². The van der Waals surface area contributed by atoms with Gasteiger partial charge >= 0.3 is 0 Å². The van der Waals surface area contributed by atoms with Gasteiger partial charge in [0.1, 0.15) is 5.76 Å².